The van der Waals surface area contributed by atoms with Gasteiger partial charge in [0.2, 0.25) is 0 Å². The first-order valence-corrected chi connectivity index (χ1v) is 41.6. The van der Waals surface area contributed by atoms with E-state index in [0.29, 0.717) is 18.8 Å². The second-order valence-corrected chi connectivity index (χ2v) is 31.4. The van der Waals surface area contributed by atoms with Crippen LogP contribution in [0, 0.1) is 0 Å². The monoisotopic (exact) mass is 1640 g/mol. The first-order chi connectivity index (χ1) is 55.8. The van der Waals surface area contributed by atoms with E-state index in [2.05, 4.69) is 316 Å². The van der Waals surface area contributed by atoms with E-state index in [4.69, 9.17) is 18.3 Å². The molecule has 17 nitrogen and oxygen atoms in total. The Hall–Kier alpha value is -9.14. The molecule has 0 spiro atoms. The molecule has 0 saturated heterocycles. The zero-order chi connectivity index (χ0) is 84.0. The molecule has 0 aromatic heterocycles. The molecule has 0 amide bonds. The molecular weight excluding hydrogens is 1520 g/mol. The van der Waals surface area contributed by atoms with Crippen LogP contribution in [-0.2, 0) is 53.3 Å². The summed E-state index contributed by atoms with van der Waals surface area (Å²) in [6.45, 7) is 16.8. The number of benzene rings is 11. The number of rotatable bonds is 33. The fourth-order valence-corrected chi connectivity index (χ4v) is 13.8. The van der Waals surface area contributed by atoms with Crippen molar-refractivity contribution in [2.45, 2.75) is 79.9 Å². The fourth-order valence-electron chi connectivity index (χ4n) is 11.9. The Bertz CT molecular complexity index is 4590. The standard InChI is InChI=1S/C54H56N6.C23H25N3O.C12H18O5P2.C4H9O.C4H10O.K/c1-55-39-45-19-27-51(28-20-45)59(52-29-21-46(22-30-52)40-56-2)49-23-15-43(16-24-49)13-11-41-7-9-42(10-8-41)12-14-44-17-25-50(26-18-44)60(53-35-31-47(32-36-53)57(3)4)54-37-33-48(34-38-54)58(5)6;1-24(2)19-9-13-22(14-10-19)26(21-7-5-18(17-27)6-8-21)23-15-11-20(12-16-23)25(3)4;1-3-16-19(14,17-4-2)10-12-7-5-11(6-8-12)9-15-18-13;1-4(2,3)5;1-3-5-4-2;/h7-38,55-56H,39-40H2,1-6H3;5-17H,1-4H3;5-8H,3-4,9-10H2,1-2H3;1-3H3;3-4H2,1-2H3;/q;;;-1;;+1/b13-11+,14-12+;;;;;. The first kappa shape index (κ1) is 96.7. The molecule has 0 bridgehead atoms. The first-order valence-electron chi connectivity index (χ1n) is 39.2. The molecule has 610 valence electrons. The maximum absolute atomic E-state index is 12.3. The molecule has 0 saturated carbocycles. The van der Waals surface area contributed by atoms with E-state index in [1.165, 1.54) is 22.5 Å². The Morgan fingerprint density at radius 3 is 0.778 bits per heavy atom. The van der Waals surface area contributed by atoms with Crippen LogP contribution in [-0.4, -0.2) is 109 Å². The Kier molecular flexibility index (Phi) is 41.8. The van der Waals surface area contributed by atoms with Crippen molar-refractivity contribution in [2.75, 3.05) is 131 Å². The minimum Gasteiger partial charge on any atom is -0.850 e. The van der Waals surface area contributed by atoms with Crippen LogP contribution in [0.5, 0.6) is 0 Å². The maximum atomic E-state index is 12.3. The molecular formula is C97H118KN9O8P2. The smallest absolute Gasteiger partial charge is 0.850 e. The van der Waals surface area contributed by atoms with Crippen molar-refractivity contribution >= 4 is 121 Å². The molecule has 0 heterocycles. The Morgan fingerprint density at radius 1 is 0.350 bits per heavy atom. The van der Waals surface area contributed by atoms with Crippen LogP contribution in [0.1, 0.15) is 103 Å². The molecule has 11 aromatic rings. The Labute approximate surface area is 741 Å². The largest absolute Gasteiger partial charge is 1.00 e. The van der Waals surface area contributed by atoms with Gasteiger partial charge in [-0.3, -0.25) is 13.9 Å². The van der Waals surface area contributed by atoms with E-state index in [-0.39, 0.29) is 72.8 Å². The van der Waals surface area contributed by atoms with E-state index in [1.54, 1.807) is 34.6 Å². The van der Waals surface area contributed by atoms with Crippen molar-refractivity contribution in [1.82, 2.24) is 10.6 Å². The normalized spacial score (nSPS) is 11.0. The number of carbonyl (C=O) groups is 1. The average Bonchev–Trinajstić information content (AvgIpc) is 0.811. The Morgan fingerprint density at radius 2 is 0.564 bits per heavy atom. The SMILES string of the molecule is CC(C)(C)[O-].CCOCC.CCOP(=O)(Cc1ccc(COP=O)cc1)OCC.CN(C)c1ccc(N(c2ccc(C=O)cc2)c2ccc(N(C)C)cc2)cc1.CNCc1ccc(N(c2ccc(/C=C/c3ccc(/C=C/c4ccc(N(c5ccc(N(C)C)cc5)c5ccc(N(C)C)cc5)cc4)cc3)cc2)c2ccc(CNC)cc2)cc1.[K+]. The molecule has 20 heteroatoms. The summed E-state index contributed by atoms with van der Waals surface area (Å²) in [5, 5.41) is 16.6. The quantitative estimate of drug-likeness (QED) is 0.0173. The van der Waals surface area contributed by atoms with Gasteiger partial charge in [0.05, 0.1) is 26.0 Å². The van der Waals surface area contributed by atoms with Crippen LogP contribution < -0.4 is 101 Å². The van der Waals surface area contributed by atoms with Gasteiger partial charge in [0.25, 0.3) is 0 Å². The second-order valence-electron chi connectivity index (χ2n) is 28.9. The molecule has 0 unspecified atom stereocenters. The van der Waals surface area contributed by atoms with Crippen molar-refractivity contribution < 1.29 is 88.7 Å². The van der Waals surface area contributed by atoms with E-state index < -0.39 is 13.2 Å². The van der Waals surface area contributed by atoms with Crippen molar-refractivity contribution in [2.24, 2.45) is 0 Å². The predicted molar refractivity (Wildman–Crippen MR) is 491 cm³/mol. The summed E-state index contributed by atoms with van der Waals surface area (Å²) in [6, 6.07) is 93.1. The molecule has 0 fully saturated rings. The summed E-state index contributed by atoms with van der Waals surface area (Å²) in [6.07, 6.45) is 9.81. The van der Waals surface area contributed by atoms with E-state index in [9.17, 15) is 19.0 Å². The van der Waals surface area contributed by atoms with Crippen LogP contribution in [0.15, 0.2) is 267 Å². The van der Waals surface area contributed by atoms with Crippen LogP contribution in [0.25, 0.3) is 24.3 Å². The maximum Gasteiger partial charge on any atom is 1.00 e. The number of hydrogen-bond donors (Lipinski definition) is 2. The van der Waals surface area contributed by atoms with Gasteiger partial charge in [-0.25, -0.2) is 4.57 Å². The van der Waals surface area contributed by atoms with Gasteiger partial charge in [0.1, 0.15) is 6.29 Å². The number of aldehydes is 1. The van der Waals surface area contributed by atoms with E-state index >= 15 is 0 Å². The van der Waals surface area contributed by atoms with Gasteiger partial charge < -0.3 is 63.8 Å². The molecule has 0 radical (unpaired) electrons. The third-order valence-corrected chi connectivity index (χ3v) is 20.1. The average molecular weight is 1640 g/mol. The number of nitrogens with one attached hydrogen (secondary N) is 2. The van der Waals surface area contributed by atoms with Crippen LogP contribution >= 0.6 is 16.3 Å². The zero-order valence-electron chi connectivity index (χ0n) is 71.7. The van der Waals surface area contributed by atoms with Gasteiger partial charge in [-0.2, -0.15) is 0 Å². The number of ether oxygens (including phenoxy) is 1. The van der Waals surface area contributed by atoms with E-state index in [0.717, 1.165) is 129 Å². The molecule has 11 aromatic carbocycles. The van der Waals surface area contributed by atoms with E-state index in [1.807, 2.05) is 105 Å². The van der Waals surface area contributed by atoms with Crippen molar-refractivity contribution in [3.05, 3.63) is 317 Å². The fraction of sp³-hybridized carbons (Fsp3) is 0.268. The summed E-state index contributed by atoms with van der Waals surface area (Å²) >= 11 is 0. The molecule has 117 heavy (non-hydrogen) atoms. The minimum atomic E-state index is -3.06. The summed E-state index contributed by atoms with van der Waals surface area (Å²) in [5.74, 6) is 0. The topological polar surface area (TPSA) is 158 Å². The third-order valence-electron chi connectivity index (χ3n) is 17.9. The van der Waals surface area contributed by atoms with Gasteiger partial charge in [-0.05, 0) is 256 Å². The summed E-state index contributed by atoms with van der Waals surface area (Å²) in [5.41, 5.74) is 23.3. The summed E-state index contributed by atoms with van der Waals surface area (Å²) < 4.78 is 42.6. The number of carbonyl (C=O) groups excluding carboxylic acids is 1. The molecule has 0 atom stereocenters. The molecule has 11 rings (SSSR count). The van der Waals surface area contributed by atoms with Gasteiger partial charge in [0.15, 0.2) is 0 Å². The van der Waals surface area contributed by atoms with Gasteiger partial charge in [-0.1, -0.05) is 142 Å². The van der Waals surface area contributed by atoms with Crippen LogP contribution in [0.2, 0.25) is 0 Å². The van der Waals surface area contributed by atoms with Crippen molar-refractivity contribution in [3.8, 4) is 0 Å². The van der Waals surface area contributed by atoms with Gasteiger partial charge in [-0.15, -0.1) is 5.60 Å². The number of hydrogen-bond acceptors (Lipinski definition) is 17. The van der Waals surface area contributed by atoms with Crippen LogP contribution in [0.3, 0.4) is 0 Å². The number of nitrogens with zero attached hydrogens (tertiary/aromatic N) is 7. The summed E-state index contributed by atoms with van der Waals surface area (Å²) in [4.78, 5) is 26.2. The zero-order valence-corrected chi connectivity index (χ0v) is 76.6. The number of anilines is 13. The van der Waals surface area contributed by atoms with Crippen molar-refractivity contribution in [3.63, 3.8) is 0 Å². The van der Waals surface area contributed by atoms with Crippen LogP contribution in [0.4, 0.5) is 73.9 Å². The van der Waals surface area contributed by atoms with Crippen molar-refractivity contribution in [1.29, 1.82) is 0 Å². The molecule has 2 N–H and O–H groups in total. The molecule has 0 aliphatic rings. The molecule has 0 aliphatic heterocycles. The molecule has 0 aliphatic carbocycles. The van der Waals surface area contributed by atoms with Gasteiger partial charge in [0, 0.05) is 162 Å². The second kappa shape index (κ2) is 50.6. The minimum absolute atomic E-state index is 0. The predicted octanol–water partition coefficient (Wildman–Crippen LogP) is 20.0. The third kappa shape index (κ3) is 32.6. The Balaban J connectivity index is 0.000000304. The summed E-state index contributed by atoms with van der Waals surface area (Å²) in [7, 11) is 17.0. The van der Waals surface area contributed by atoms with Gasteiger partial charge >= 0.3 is 67.7 Å².